The molecule has 2 heterocycles. The van der Waals surface area contributed by atoms with Gasteiger partial charge in [-0.3, -0.25) is 24.4 Å². The topological polar surface area (TPSA) is 98.6 Å². The average molecular weight is 580 g/mol. The van der Waals surface area contributed by atoms with E-state index in [-0.39, 0.29) is 35.9 Å². The standard InChI is InChI=1S/C35H41N5O3/c1-35(2,3)26-16-18-28(19-17-26)40(32(25-11-10-20-37-22-25)33(41)38-27-12-6-4-7-13-27)34(42)31-21-30(23-39(31)24-36)43-29-14-8-5-9-15-29/h5,8-11,14-20,22,27,30-32H,4,6-7,12-13,21,23H2,1-3H3,(H,38,41)/t30-,31+,32+/m0/s1. The maximum Gasteiger partial charge on any atom is 0.251 e. The number of hydrogen-bond donors (Lipinski definition) is 1. The van der Waals surface area contributed by atoms with Gasteiger partial charge in [0.25, 0.3) is 5.91 Å². The van der Waals surface area contributed by atoms with Gasteiger partial charge in [0.2, 0.25) is 5.91 Å². The van der Waals surface area contributed by atoms with Gasteiger partial charge in [0.1, 0.15) is 23.9 Å². The Labute approximate surface area is 254 Å². The minimum atomic E-state index is -0.960. The van der Waals surface area contributed by atoms with E-state index in [1.807, 2.05) is 60.7 Å². The van der Waals surface area contributed by atoms with E-state index in [4.69, 9.17) is 4.74 Å². The van der Waals surface area contributed by atoms with Gasteiger partial charge in [-0.25, -0.2) is 0 Å². The SMILES string of the molecule is CC(C)(C)c1ccc(N(C(=O)[C@H]2C[C@H](Oc3ccccc3)CN2C#N)[C@@H](C(=O)NC2CCCCC2)c2cccnc2)cc1. The summed E-state index contributed by atoms with van der Waals surface area (Å²) in [6.07, 6.45) is 10.6. The Bertz CT molecular complexity index is 1410. The molecule has 1 saturated heterocycles. The zero-order valence-electron chi connectivity index (χ0n) is 25.3. The van der Waals surface area contributed by atoms with Crippen LogP contribution in [0.5, 0.6) is 5.75 Å². The molecule has 5 rings (SSSR count). The number of benzene rings is 2. The normalized spacial score (nSPS) is 19.7. The van der Waals surface area contributed by atoms with Gasteiger partial charge in [-0.15, -0.1) is 0 Å². The monoisotopic (exact) mass is 579 g/mol. The van der Waals surface area contributed by atoms with Gasteiger partial charge in [0, 0.05) is 36.1 Å². The highest BCUT2D eigenvalue weighted by atomic mass is 16.5. The fraction of sp³-hybridized carbons (Fsp3) is 0.429. The molecule has 2 aromatic carbocycles. The lowest BCUT2D eigenvalue weighted by Crippen LogP contribution is -2.51. The van der Waals surface area contributed by atoms with Crippen molar-refractivity contribution in [2.75, 3.05) is 11.4 Å². The Morgan fingerprint density at radius 3 is 2.37 bits per heavy atom. The van der Waals surface area contributed by atoms with Crippen molar-refractivity contribution in [2.45, 2.75) is 88.9 Å². The first-order valence-corrected chi connectivity index (χ1v) is 15.3. The number of likely N-dealkylation sites (tertiary alicyclic amines) is 1. The van der Waals surface area contributed by atoms with Crippen molar-refractivity contribution in [1.29, 1.82) is 5.26 Å². The number of amides is 2. The first-order chi connectivity index (χ1) is 20.7. The van der Waals surface area contributed by atoms with E-state index in [1.165, 1.54) is 11.3 Å². The number of pyridine rings is 1. The van der Waals surface area contributed by atoms with Gasteiger partial charge in [-0.1, -0.05) is 76.4 Å². The molecular formula is C35H41N5O3. The predicted octanol–water partition coefficient (Wildman–Crippen LogP) is 5.91. The van der Waals surface area contributed by atoms with Crippen LogP contribution in [0.2, 0.25) is 0 Å². The molecule has 1 N–H and O–H groups in total. The number of carbonyl (C=O) groups excluding carboxylic acids is 2. The number of para-hydroxylation sites is 1. The molecule has 2 amide bonds. The van der Waals surface area contributed by atoms with Crippen LogP contribution in [0.4, 0.5) is 5.69 Å². The number of anilines is 1. The number of nitrogens with one attached hydrogen (secondary N) is 1. The Kier molecular flexibility index (Phi) is 9.30. The second-order valence-corrected chi connectivity index (χ2v) is 12.6. The molecule has 224 valence electrons. The van der Waals surface area contributed by atoms with Crippen molar-refractivity contribution in [3.63, 3.8) is 0 Å². The van der Waals surface area contributed by atoms with Gasteiger partial charge >= 0.3 is 0 Å². The molecule has 8 nitrogen and oxygen atoms in total. The molecule has 43 heavy (non-hydrogen) atoms. The Morgan fingerprint density at radius 1 is 1.02 bits per heavy atom. The summed E-state index contributed by atoms with van der Waals surface area (Å²) in [5, 5.41) is 13.3. The van der Waals surface area contributed by atoms with Gasteiger partial charge < -0.3 is 10.1 Å². The third-order valence-electron chi connectivity index (χ3n) is 8.43. The van der Waals surface area contributed by atoms with E-state index >= 15 is 0 Å². The van der Waals surface area contributed by atoms with Crippen LogP contribution in [0, 0.1) is 11.5 Å². The third-order valence-corrected chi connectivity index (χ3v) is 8.43. The Hall–Kier alpha value is -4.38. The molecule has 3 aromatic rings. The van der Waals surface area contributed by atoms with E-state index in [9.17, 15) is 14.9 Å². The number of hydrogen-bond acceptors (Lipinski definition) is 6. The lowest BCUT2D eigenvalue weighted by atomic mass is 9.87. The van der Waals surface area contributed by atoms with Crippen molar-refractivity contribution in [3.05, 3.63) is 90.3 Å². The maximum absolute atomic E-state index is 14.7. The van der Waals surface area contributed by atoms with Crippen molar-refractivity contribution in [1.82, 2.24) is 15.2 Å². The average Bonchev–Trinajstić information content (AvgIpc) is 3.43. The van der Waals surface area contributed by atoms with Crippen molar-refractivity contribution >= 4 is 17.5 Å². The molecule has 2 fully saturated rings. The minimum absolute atomic E-state index is 0.0615. The van der Waals surface area contributed by atoms with Crippen LogP contribution < -0.4 is 15.0 Å². The van der Waals surface area contributed by atoms with Crippen LogP contribution >= 0.6 is 0 Å². The highest BCUT2D eigenvalue weighted by Gasteiger charge is 2.44. The highest BCUT2D eigenvalue weighted by Crippen LogP contribution is 2.34. The van der Waals surface area contributed by atoms with E-state index < -0.39 is 12.1 Å². The summed E-state index contributed by atoms with van der Waals surface area (Å²) in [5.41, 5.74) is 2.24. The van der Waals surface area contributed by atoms with Crippen LogP contribution in [-0.2, 0) is 15.0 Å². The summed E-state index contributed by atoms with van der Waals surface area (Å²) in [6, 6.07) is 19.2. The fourth-order valence-electron chi connectivity index (χ4n) is 6.09. The third kappa shape index (κ3) is 7.16. The van der Waals surface area contributed by atoms with Gasteiger partial charge in [0.05, 0.1) is 6.54 Å². The summed E-state index contributed by atoms with van der Waals surface area (Å²) in [7, 11) is 0. The molecule has 1 aliphatic carbocycles. The number of ether oxygens (including phenoxy) is 1. The zero-order valence-corrected chi connectivity index (χ0v) is 25.3. The lowest BCUT2D eigenvalue weighted by molar-refractivity contribution is -0.128. The minimum Gasteiger partial charge on any atom is -0.488 e. The largest absolute Gasteiger partial charge is 0.488 e. The van der Waals surface area contributed by atoms with Crippen LogP contribution in [0.3, 0.4) is 0 Å². The Balaban J connectivity index is 1.53. The predicted molar refractivity (Wildman–Crippen MR) is 166 cm³/mol. The molecular weight excluding hydrogens is 538 g/mol. The second kappa shape index (κ2) is 13.3. The van der Waals surface area contributed by atoms with Crippen LogP contribution in [0.15, 0.2) is 79.1 Å². The van der Waals surface area contributed by atoms with Crippen LogP contribution in [0.1, 0.15) is 76.5 Å². The van der Waals surface area contributed by atoms with E-state index in [0.29, 0.717) is 23.4 Å². The van der Waals surface area contributed by atoms with Gasteiger partial charge in [-0.2, -0.15) is 5.26 Å². The van der Waals surface area contributed by atoms with E-state index in [0.717, 1.165) is 31.2 Å². The maximum atomic E-state index is 14.7. The van der Waals surface area contributed by atoms with Crippen LogP contribution in [-0.4, -0.2) is 46.4 Å². The molecule has 0 radical (unpaired) electrons. The van der Waals surface area contributed by atoms with Crippen molar-refractivity contribution in [3.8, 4) is 11.9 Å². The first kappa shape index (κ1) is 30.1. The molecule has 0 unspecified atom stereocenters. The Morgan fingerprint density at radius 2 is 1.74 bits per heavy atom. The number of nitriles is 1. The number of nitrogens with zero attached hydrogens (tertiary/aromatic N) is 4. The number of rotatable bonds is 8. The number of carbonyl (C=O) groups is 2. The van der Waals surface area contributed by atoms with Crippen molar-refractivity contribution < 1.29 is 14.3 Å². The summed E-state index contributed by atoms with van der Waals surface area (Å²) in [6.45, 7) is 6.69. The van der Waals surface area contributed by atoms with Gasteiger partial charge in [0.15, 0.2) is 6.19 Å². The molecule has 1 aliphatic heterocycles. The summed E-state index contributed by atoms with van der Waals surface area (Å²) in [4.78, 5) is 36.2. The van der Waals surface area contributed by atoms with Gasteiger partial charge in [-0.05, 0) is 54.2 Å². The number of aromatic nitrogens is 1. The first-order valence-electron chi connectivity index (χ1n) is 15.3. The quantitative estimate of drug-likeness (QED) is 0.334. The molecule has 0 spiro atoms. The van der Waals surface area contributed by atoms with E-state index in [1.54, 1.807) is 23.4 Å². The van der Waals surface area contributed by atoms with Crippen molar-refractivity contribution in [2.24, 2.45) is 0 Å². The highest BCUT2D eigenvalue weighted by molar-refractivity contribution is 6.04. The van der Waals surface area contributed by atoms with E-state index in [2.05, 4.69) is 37.3 Å². The lowest BCUT2D eigenvalue weighted by Gasteiger charge is -2.35. The zero-order chi connectivity index (χ0) is 30.4. The van der Waals surface area contributed by atoms with Crippen LogP contribution in [0.25, 0.3) is 0 Å². The summed E-state index contributed by atoms with van der Waals surface area (Å²) >= 11 is 0. The molecule has 0 bridgehead atoms. The second-order valence-electron chi connectivity index (χ2n) is 12.6. The molecule has 2 aliphatic rings. The molecule has 1 aromatic heterocycles. The fourth-order valence-corrected chi connectivity index (χ4v) is 6.09. The summed E-state index contributed by atoms with van der Waals surface area (Å²) in [5.74, 6) is 0.122. The summed E-state index contributed by atoms with van der Waals surface area (Å²) < 4.78 is 6.17. The molecule has 8 heteroatoms. The smallest absolute Gasteiger partial charge is 0.251 e. The molecule has 3 atom stereocenters. The molecule has 1 saturated carbocycles.